The Morgan fingerprint density at radius 1 is 1.17 bits per heavy atom. The van der Waals surface area contributed by atoms with E-state index in [1.165, 1.54) is 6.33 Å². The minimum Gasteiger partial charge on any atom is -0.489 e. The van der Waals surface area contributed by atoms with E-state index in [1.54, 1.807) is 12.3 Å². The second-order valence-electron chi connectivity index (χ2n) is 6.10. The standard InChI is InChI=1S/C17H23N5O2/c1-12(2)23-14-3-4-16(19-10-14)22-7-5-13(6-8-22)24-17-9-15(18)20-11-21-17/h3-4,9-13H,5-8H2,1-2H3,(H2,18,20,21). The number of aromatic nitrogens is 3. The molecule has 0 bridgehead atoms. The summed E-state index contributed by atoms with van der Waals surface area (Å²) in [4.78, 5) is 14.7. The molecule has 2 N–H and O–H groups in total. The molecule has 3 heterocycles. The van der Waals surface area contributed by atoms with E-state index in [0.717, 1.165) is 37.5 Å². The van der Waals surface area contributed by atoms with Crippen LogP contribution < -0.4 is 20.1 Å². The van der Waals surface area contributed by atoms with Crippen LogP contribution in [0, 0.1) is 0 Å². The van der Waals surface area contributed by atoms with Crippen LogP contribution in [0.1, 0.15) is 26.7 Å². The van der Waals surface area contributed by atoms with Gasteiger partial charge in [-0.05, 0) is 26.0 Å². The molecule has 0 aliphatic carbocycles. The van der Waals surface area contributed by atoms with E-state index >= 15 is 0 Å². The molecule has 0 spiro atoms. The molecule has 1 aliphatic heterocycles. The highest BCUT2D eigenvalue weighted by Gasteiger charge is 2.22. The van der Waals surface area contributed by atoms with Crippen LogP contribution >= 0.6 is 0 Å². The van der Waals surface area contributed by atoms with Crippen LogP contribution in [-0.4, -0.2) is 40.2 Å². The first-order valence-electron chi connectivity index (χ1n) is 8.22. The van der Waals surface area contributed by atoms with Gasteiger partial charge in [0, 0.05) is 32.0 Å². The molecule has 128 valence electrons. The minimum atomic E-state index is 0.138. The number of nitrogen functional groups attached to an aromatic ring is 1. The molecular formula is C17H23N5O2. The molecule has 24 heavy (non-hydrogen) atoms. The molecule has 0 aromatic carbocycles. The average Bonchev–Trinajstić information content (AvgIpc) is 2.56. The highest BCUT2D eigenvalue weighted by molar-refractivity contribution is 5.41. The zero-order chi connectivity index (χ0) is 16.9. The number of piperidine rings is 1. The summed E-state index contributed by atoms with van der Waals surface area (Å²) in [5.41, 5.74) is 5.65. The molecule has 0 unspecified atom stereocenters. The summed E-state index contributed by atoms with van der Waals surface area (Å²) >= 11 is 0. The summed E-state index contributed by atoms with van der Waals surface area (Å²) in [6.45, 7) is 5.79. The molecule has 1 aliphatic rings. The van der Waals surface area contributed by atoms with Gasteiger partial charge in [0.1, 0.15) is 29.8 Å². The van der Waals surface area contributed by atoms with Gasteiger partial charge in [0.15, 0.2) is 0 Å². The highest BCUT2D eigenvalue weighted by atomic mass is 16.5. The van der Waals surface area contributed by atoms with Crippen molar-refractivity contribution >= 4 is 11.6 Å². The molecule has 1 fully saturated rings. The number of nitrogens with zero attached hydrogens (tertiary/aromatic N) is 4. The van der Waals surface area contributed by atoms with E-state index in [9.17, 15) is 0 Å². The van der Waals surface area contributed by atoms with Crippen molar-refractivity contribution in [3.8, 4) is 11.6 Å². The van der Waals surface area contributed by atoms with Gasteiger partial charge in [-0.1, -0.05) is 0 Å². The highest BCUT2D eigenvalue weighted by Crippen LogP contribution is 2.23. The molecule has 0 amide bonds. The fourth-order valence-electron chi connectivity index (χ4n) is 2.69. The van der Waals surface area contributed by atoms with Gasteiger partial charge in [0.25, 0.3) is 0 Å². The molecule has 0 radical (unpaired) electrons. The van der Waals surface area contributed by atoms with Crippen molar-refractivity contribution < 1.29 is 9.47 Å². The Morgan fingerprint density at radius 2 is 1.96 bits per heavy atom. The number of ether oxygens (including phenoxy) is 2. The Labute approximate surface area is 141 Å². The van der Waals surface area contributed by atoms with Crippen LogP contribution in [0.2, 0.25) is 0 Å². The Kier molecular flexibility index (Phi) is 4.98. The molecular weight excluding hydrogens is 306 g/mol. The van der Waals surface area contributed by atoms with Gasteiger partial charge < -0.3 is 20.1 Å². The molecule has 1 saturated heterocycles. The summed E-state index contributed by atoms with van der Waals surface area (Å²) < 4.78 is 11.5. The summed E-state index contributed by atoms with van der Waals surface area (Å²) in [7, 11) is 0. The SMILES string of the molecule is CC(C)Oc1ccc(N2CCC(Oc3cc(N)ncn3)CC2)nc1. The van der Waals surface area contributed by atoms with E-state index in [0.29, 0.717) is 11.7 Å². The zero-order valence-electron chi connectivity index (χ0n) is 14.1. The zero-order valence-corrected chi connectivity index (χ0v) is 14.1. The summed E-state index contributed by atoms with van der Waals surface area (Å²) in [5.74, 6) is 2.73. The maximum atomic E-state index is 5.88. The molecule has 2 aromatic heterocycles. The number of rotatable bonds is 5. The average molecular weight is 329 g/mol. The van der Waals surface area contributed by atoms with Crippen molar-refractivity contribution in [2.45, 2.75) is 38.9 Å². The maximum Gasteiger partial charge on any atom is 0.218 e. The lowest BCUT2D eigenvalue weighted by Crippen LogP contribution is -2.38. The van der Waals surface area contributed by atoms with Crippen LogP contribution in [0.25, 0.3) is 0 Å². The van der Waals surface area contributed by atoms with Crippen molar-refractivity contribution in [2.75, 3.05) is 23.7 Å². The Balaban J connectivity index is 1.53. The Bertz CT molecular complexity index is 654. The van der Waals surface area contributed by atoms with Crippen molar-refractivity contribution in [3.05, 3.63) is 30.7 Å². The normalized spacial score (nSPS) is 15.5. The van der Waals surface area contributed by atoms with Crippen LogP contribution in [0.4, 0.5) is 11.6 Å². The lowest BCUT2D eigenvalue weighted by atomic mass is 10.1. The number of nitrogens with two attached hydrogens (primary N) is 1. The summed E-state index contributed by atoms with van der Waals surface area (Å²) in [6, 6.07) is 5.62. The molecule has 3 rings (SSSR count). The first-order chi connectivity index (χ1) is 11.6. The van der Waals surface area contributed by atoms with Crippen molar-refractivity contribution in [3.63, 3.8) is 0 Å². The second kappa shape index (κ2) is 7.33. The van der Waals surface area contributed by atoms with Gasteiger partial charge >= 0.3 is 0 Å². The van der Waals surface area contributed by atoms with E-state index in [4.69, 9.17) is 15.2 Å². The minimum absolute atomic E-state index is 0.138. The second-order valence-corrected chi connectivity index (χ2v) is 6.10. The lowest BCUT2D eigenvalue weighted by molar-refractivity contribution is 0.163. The number of hydrogen-bond acceptors (Lipinski definition) is 7. The monoisotopic (exact) mass is 329 g/mol. The van der Waals surface area contributed by atoms with E-state index in [1.807, 2.05) is 26.0 Å². The van der Waals surface area contributed by atoms with Gasteiger partial charge in [-0.3, -0.25) is 0 Å². The quantitative estimate of drug-likeness (QED) is 0.900. The predicted molar refractivity (Wildman–Crippen MR) is 92.3 cm³/mol. The van der Waals surface area contributed by atoms with Crippen LogP contribution in [0.3, 0.4) is 0 Å². The van der Waals surface area contributed by atoms with Crippen molar-refractivity contribution in [1.82, 2.24) is 15.0 Å². The van der Waals surface area contributed by atoms with Gasteiger partial charge in [-0.15, -0.1) is 0 Å². The third kappa shape index (κ3) is 4.24. The van der Waals surface area contributed by atoms with Crippen molar-refractivity contribution in [2.24, 2.45) is 0 Å². The van der Waals surface area contributed by atoms with Crippen LogP contribution in [0.15, 0.2) is 30.7 Å². The number of anilines is 2. The number of pyridine rings is 1. The summed E-state index contributed by atoms with van der Waals surface area (Å²) in [5, 5.41) is 0. The topological polar surface area (TPSA) is 86.4 Å². The third-order valence-corrected chi connectivity index (χ3v) is 3.81. The Hall–Kier alpha value is -2.57. The van der Waals surface area contributed by atoms with Gasteiger partial charge in [-0.25, -0.2) is 15.0 Å². The largest absolute Gasteiger partial charge is 0.489 e. The van der Waals surface area contributed by atoms with Gasteiger partial charge in [0.05, 0.1) is 12.3 Å². The predicted octanol–water partition coefficient (Wildman–Crippen LogP) is 2.29. The van der Waals surface area contributed by atoms with Gasteiger partial charge in [-0.2, -0.15) is 0 Å². The third-order valence-electron chi connectivity index (χ3n) is 3.81. The molecule has 7 nitrogen and oxygen atoms in total. The maximum absolute atomic E-state index is 5.88. The fourth-order valence-corrected chi connectivity index (χ4v) is 2.69. The van der Waals surface area contributed by atoms with E-state index in [-0.39, 0.29) is 12.2 Å². The fraction of sp³-hybridized carbons (Fsp3) is 0.471. The van der Waals surface area contributed by atoms with Crippen LogP contribution in [-0.2, 0) is 0 Å². The lowest BCUT2D eigenvalue weighted by Gasteiger charge is -2.32. The van der Waals surface area contributed by atoms with Gasteiger partial charge in [0.2, 0.25) is 5.88 Å². The molecule has 2 aromatic rings. The molecule has 0 saturated carbocycles. The molecule has 7 heteroatoms. The first-order valence-corrected chi connectivity index (χ1v) is 8.22. The Morgan fingerprint density at radius 3 is 2.58 bits per heavy atom. The molecule has 0 atom stereocenters. The first kappa shape index (κ1) is 16.3. The van der Waals surface area contributed by atoms with E-state index < -0.39 is 0 Å². The number of hydrogen-bond donors (Lipinski definition) is 1. The summed E-state index contributed by atoms with van der Waals surface area (Å²) in [6.07, 6.45) is 5.32. The smallest absolute Gasteiger partial charge is 0.218 e. The van der Waals surface area contributed by atoms with E-state index in [2.05, 4.69) is 19.9 Å². The van der Waals surface area contributed by atoms with Crippen LogP contribution in [0.5, 0.6) is 11.6 Å². The van der Waals surface area contributed by atoms with Crippen molar-refractivity contribution in [1.29, 1.82) is 0 Å².